The highest BCUT2D eigenvalue weighted by Crippen LogP contribution is 2.12. The molecule has 1 fully saturated rings. The summed E-state index contributed by atoms with van der Waals surface area (Å²) < 4.78 is 1.68. The van der Waals surface area contributed by atoms with Gasteiger partial charge in [0.1, 0.15) is 0 Å². The number of anilines is 1. The summed E-state index contributed by atoms with van der Waals surface area (Å²) in [7, 11) is 1.73. The Kier molecular flexibility index (Phi) is 3.78. The van der Waals surface area contributed by atoms with Crippen LogP contribution < -0.4 is 10.6 Å². The van der Waals surface area contributed by atoms with Gasteiger partial charge in [0.25, 0.3) is 0 Å². The Bertz CT molecular complexity index is 682. The molecule has 2 heterocycles. The molecule has 114 valence electrons. The first-order valence-electron chi connectivity index (χ1n) is 7.03. The summed E-state index contributed by atoms with van der Waals surface area (Å²) in [5.41, 5.74) is 1.51. The summed E-state index contributed by atoms with van der Waals surface area (Å²) in [6.45, 7) is 0.537. The van der Waals surface area contributed by atoms with Crippen molar-refractivity contribution in [3.8, 4) is 5.69 Å². The lowest BCUT2D eigenvalue weighted by molar-refractivity contribution is -0.126. The van der Waals surface area contributed by atoms with Crippen LogP contribution in [0.5, 0.6) is 0 Å². The van der Waals surface area contributed by atoms with Crippen LogP contribution in [0.3, 0.4) is 0 Å². The Hall–Kier alpha value is -2.83. The molecule has 1 aromatic carbocycles. The summed E-state index contributed by atoms with van der Waals surface area (Å²) >= 11 is 0. The number of aromatic nitrogens is 2. The minimum absolute atomic E-state index is 0.0437. The van der Waals surface area contributed by atoms with Gasteiger partial charge in [-0.2, -0.15) is 5.10 Å². The van der Waals surface area contributed by atoms with Gasteiger partial charge >= 0.3 is 6.03 Å². The molecule has 1 aliphatic rings. The Morgan fingerprint density at radius 3 is 2.77 bits per heavy atom. The predicted octanol–water partition coefficient (Wildman–Crippen LogP) is 1.22. The van der Waals surface area contributed by atoms with Crippen LogP contribution in [-0.4, -0.2) is 46.3 Å². The van der Waals surface area contributed by atoms with Crippen LogP contribution in [0.15, 0.2) is 42.7 Å². The quantitative estimate of drug-likeness (QED) is 0.894. The number of hydrogen-bond donors (Lipinski definition) is 2. The third kappa shape index (κ3) is 3.08. The number of para-hydroxylation sites is 1. The van der Waals surface area contributed by atoms with E-state index in [1.807, 2.05) is 30.3 Å². The van der Waals surface area contributed by atoms with Gasteiger partial charge in [0.15, 0.2) is 0 Å². The van der Waals surface area contributed by atoms with Crippen molar-refractivity contribution in [2.75, 3.05) is 18.9 Å². The van der Waals surface area contributed by atoms with Gasteiger partial charge in [0, 0.05) is 20.0 Å². The molecule has 3 amide bonds. The summed E-state index contributed by atoms with van der Waals surface area (Å²) in [6, 6.07) is 9.14. The SMILES string of the molecule is CN1C[C@H](NC(=O)Nc2cnn(-c3ccccc3)c2)CC1=O. The number of hydrogen-bond acceptors (Lipinski definition) is 3. The topological polar surface area (TPSA) is 79.3 Å². The molecule has 0 unspecified atom stereocenters. The molecule has 0 spiro atoms. The van der Waals surface area contributed by atoms with Crippen molar-refractivity contribution >= 4 is 17.6 Å². The van der Waals surface area contributed by atoms with E-state index in [4.69, 9.17) is 0 Å². The second-order valence-corrected chi connectivity index (χ2v) is 5.28. The van der Waals surface area contributed by atoms with E-state index in [0.29, 0.717) is 18.7 Å². The minimum Gasteiger partial charge on any atom is -0.344 e. The normalized spacial score (nSPS) is 17.6. The van der Waals surface area contributed by atoms with Crippen molar-refractivity contribution in [2.24, 2.45) is 0 Å². The summed E-state index contributed by atoms with van der Waals surface area (Å²) in [4.78, 5) is 25.0. The van der Waals surface area contributed by atoms with Gasteiger partial charge in [-0.1, -0.05) is 18.2 Å². The van der Waals surface area contributed by atoms with E-state index in [1.165, 1.54) is 0 Å². The molecule has 1 aromatic heterocycles. The first-order valence-corrected chi connectivity index (χ1v) is 7.03. The molecule has 2 N–H and O–H groups in total. The van der Waals surface area contributed by atoms with Gasteiger partial charge < -0.3 is 15.5 Å². The molecule has 0 aliphatic carbocycles. The minimum atomic E-state index is -0.333. The van der Waals surface area contributed by atoms with Crippen LogP contribution in [0.2, 0.25) is 0 Å². The molecular formula is C15H17N5O2. The third-order valence-corrected chi connectivity index (χ3v) is 3.54. The van der Waals surface area contributed by atoms with Gasteiger partial charge in [-0.25, -0.2) is 9.48 Å². The number of urea groups is 1. The first-order chi connectivity index (χ1) is 10.6. The van der Waals surface area contributed by atoms with Crippen LogP contribution >= 0.6 is 0 Å². The summed E-state index contributed by atoms with van der Waals surface area (Å²) in [6.07, 6.45) is 3.66. The fraction of sp³-hybridized carbons (Fsp3) is 0.267. The summed E-state index contributed by atoms with van der Waals surface area (Å²) in [5, 5.41) is 9.72. The van der Waals surface area contributed by atoms with Crippen molar-refractivity contribution in [3.63, 3.8) is 0 Å². The zero-order chi connectivity index (χ0) is 15.5. The molecular weight excluding hydrogens is 282 g/mol. The van der Waals surface area contributed by atoms with Gasteiger partial charge in [-0.3, -0.25) is 4.79 Å². The second-order valence-electron chi connectivity index (χ2n) is 5.28. The number of benzene rings is 1. The average molecular weight is 299 g/mol. The fourth-order valence-corrected chi connectivity index (χ4v) is 2.42. The molecule has 1 saturated heterocycles. The lowest BCUT2D eigenvalue weighted by Gasteiger charge is -2.12. The van der Waals surface area contributed by atoms with Gasteiger partial charge in [0.05, 0.1) is 29.8 Å². The number of amides is 3. The Morgan fingerprint density at radius 1 is 1.32 bits per heavy atom. The molecule has 0 bridgehead atoms. The van der Waals surface area contributed by atoms with E-state index in [0.717, 1.165) is 5.69 Å². The van der Waals surface area contributed by atoms with Gasteiger partial charge in [-0.15, -0.1) is 0 Å². The third-order valence-electron chi connectivity index (χ3n) is 3.54. The lowest BCUT2D eigenvalue weighted by atomic mass is 10.2. The molecule has 3 rings (SSSR count). The first kappa shape index (κ1) is 14.1. The Labute approximate surface area is 127 Å². The fourth-order valence-electron chi connectivity index (χ4n) is 2.42. The zero-order valence-electron chi connectivity index (χ0n) is 12.2. The second kappa shape index (κ2) is 5.88. The van der Waals surface area contributed by atoms with E-state index in [2.05, 4.69) is 15.7 Å². The van der Waals surface area contributed by atoms with Crippen LogP contribution in [0.1, 0.15) is 6.42 Å². The molecule has 7 heteroatoms. The van der Waals surface area contributed by atoms with E-state index in [1.54, 1.807) is 29.0 Å². The van der Waals surface area contributed by atoms with E-state index >= 15 is 0 Å². The van der Waals surface area contributed by atoms with E-state index < -0.39 is 0 Å². The van der Waals surface area contributed by atoms with E-state index in [-0.39, 0.29) is 18.0 Å². The van der Waals surface area contributed by atoms with Crippen molar-refractivity contribution in [2.45, 2.75) is 12.5 Å². The number of nitrogens with zero attached hydrogens (tertiary/aromatic N) is 3. The molecule has 7 nitrogen and oxygen atoms in total. The van der Waals surface area contributed by atoms with Crippen molar-refractivity contribution in [1.82, 2.24) is 20.0 Å². The van der Waals surface area contributed by atoms with Crippen molar-refractivity contribution in [1.29, 1.82) is 0 Å². The molecule has 22 heavy (non-hydrogen) atoms. The van der Waals surface area contributed by atoms with Crippen molar-refractivity contribution in [3.05, 3.63) is 42.7 Å². The molecule has 1 atom stereocenters. The largest absolute Gasteiger partial charge is 0.344 e. The maximum atomic E-state index is 11.9. The predicted molar refractivity (Wildman–Crippen MR) is 81.8 cm³/mol. The van der Waals surface area contributed by atoms with E-state index in [9.17, 15) is 9.59 Å². The lowest BCUT2D eigenvalue weighted by Crippen LogP contribution is -2.39. The smallest absolute Gasteiger partial charge is 0.319 e. The number of likely N-dealkylation sites (tertiary alicyclic amines) is 1. The maximum Gasteiger partial charge on any atom is 0.319 e. The van der Waals surface area contributed by atoms with Crippen molar-refractivity contribution < 1.29 is 9.59 Å². The number of nitrogens with one attached hydrogen (secondary N) is 2. The van der Waals surface area contributed by atoms with Crippen LogP contribution in [0.4, 0.5) is 10.5 Å². The summed E-state index contributed by atoms with van der Waals surface area (Å²) in [5.74, 6) is 0.0437. The van der Waals surface area contributed by atoms with Gasteiger partial charge in [0.2, 0.25) is 5.91 Å². The Morgan fingerprint density at radius 2 is 2.09 bits per heavy atom. The average Bonchev–Trinajstić information content (AvgIpc) is 3.07. The number of rotatable bonds is 3. The molecule has 0 radical (unpaired) electrons. The molecule has 0 saturated carbocycles. The van der Waals surface area contributed by atoms with Crippen LogP contribution in [-0.2, 0) is 4.79 Å². The Balaban J connectivity index is 1.58. The highest BCUT2D eigenvalue weighted by atomic mass is 16.2. The molecule has 1 aliphatic heterocycles. The van der Waals surface area contributed by atoms with Crippen LogP contribution in [0, 0.1) is 0 Å². The maximum absolute atomic E-state index is 11.9. The zero-order valence-corrected chi connectivity index (χ0v) is 12.2. The number of carbonyl (C=O) groups is 2. The highest BCUT2D eigenvalue weighted by Gasteiger charge is 2.27. The monoisotopic (exact) mass is 299 g/mol. The standard InChI is InChI=1S/C15H17N5O2/c1-19-9-11(7-14(19)21)17-15(22)18-12-8-16-20(10-12)13-5-3-2-4-6-13/h2-6,8,10-11H,7,9H2,1H3,(H2,17,18,22)/t11-/m1/s1. The number of carbonyl (C=O) groups excluding carboxylic acids is 2. The highest BCUT2D eigenvalue weighted by molar-refractivity contribution is 5.90. The van der Waals surface area contributed by atoms with Gasteiger partial charge in [-0.05, 0) is 12.1 Å². The van der Waals surface area contributed by atoms with Crippen LogP contribution in [0.25, 0.3) is 5.69 Å². The molecule has 2 aromatic rings. The number of likely N-dealkylation sites (N-methyl/N-ethyl adjacent to an activating group) is 1.